The number of carbonyl (C=O) groups excluding carboxylic acids is 2. The van der Waals surface area contributed by atoms with E-state index in [-0.39, 0.29) is 23.1 Å². The molecule has 11 heavy (non-hydrogen) atoms. The summed E-state index contributed by atoms with van der Waals surface area (Å²) in [6, 6.07) is 0. The van der Waals surface area contributed by atoms with Crippen LogP contribution in [0, 0.1) is 11.3 Å². The number of piperidine rings is 1. The number of carbonyl (C=O) groups is 2. The van der Waals surface area contributed by atoms with Crippen molar-refractivity contribution in [3.63, 3.8) is 0 Å². The highest BCUT2D eigenvalue weighted by atomic mass is 16.2. The summed E-state index contributed by atoms with van der Waals surface area (Å²) in [6.45, 7) is 5.54. The maximum Gasteiger partial charge on any atom is 0.232 e. The molecule has 1 saturated heterocycles. The lowest BCUT2D eigenvalue weighted by Crippen LogP contribution is -2.49. The smallest absolute Gasteiger partial charge is 0.232 e. The van der Waals surface area contributed by atoms with E-state index in [4.69, 9.17) is 0 Å². The number of rotatable bonds is 0. The molecule has 3 heteroatoms. The fourth-order valence-electron chi connectivity index (χ4n) is 1.36. The highest BCUT2D eigenvalue weighted by Crippen LogP contribution is 2.29. The third-order valence-corrected chi connectivity index (χ3v) is 2.12. The zero-order chi connectivity index (χ0) is 8.65. The SMILES string of the molecule is CC1CC(C)(C)C(=O)NC1=O. The Bertz CT molecular complexity index is 208. The molecule has 1 atom stereocenters. The van der Waals surface area contributed by atoms with Gasteiger partial charge in [-0.25, -0.2) is 0 Å². The van der Waals surface area contributed by atoms with Crippen LogP contribution in [-0.2, 0) is 9.59 Å². The largest absolute Gasteiger partial charge is 0.296 e. The quantitative estimate of drug-likeness (QED) is 0.523. The first-order chi connectivity index (χ1) is 4.93. The van der Waals surface area contributed by atoms with Crippen molar-refractivity contribution >= 4 is 11.8 Å². The molecule has 1 heterocycles. The maximum absolute atomic E-state index is 11.1. The molecule has 2 amide bonds. The topological polar surface area (TPSA) is 46.2 Å². The number of hydrogen-bond acceptors (Lipinski definition) is 2. The molecule has 1 fully saturated rings. The molecule has 0 aromatic carbocycles. The van der Waals surface area contributed by atoms with Gasteiger partial charge in [-0.3, -0.25) is 14.9 Å². The first kappa shape index (κ1) is 8.24. The minimum atomic E-state index is -0.382. The summed E-state index contributed by atoms with van der Waals surface area (Å²) in [5, 5.41) is 2.34. The van der Waals surface area contributed by atoms with Crippen LogP contribution in [0.2, 0.25) is 0 Å². The third kappa shape index (κ3) is 1.42. The highest BCUT2D eigenvalue weighted by Gasteiger charge is 2.37. The van der Waals surface area contributed by atoms with E-state index in [2.05, 4.69) is 5.32 Å². The molecule has 62 valence electrons. The van der Waals surface area contributed by atoms with E-state index < -0.39 is 0 Å². The monoisotopic (exact) mass is 155 g/mol. The van der Waals surface area contributed by atoms with Gasteiger partial charge in [0.1, 0.15) is 0 Å². The van der Waals surface area contributed by atoms with E-state index in [1.807, 2.05) is 20.8 Å². The van der Waals surface area contributed by atoms with Gasteiger partial charge in [0.05, 0.1) is 0 Å². The molecule has 0 bridgehead atoms. The molecular formula is C8H13NO2. The lowest BCUT2D eigenvalue weighted by Gasteiger charge is -2.31. The van der Waals surface area contributed by atoms with E-state index >= 15 is 0 Å². The molecule has 0 radical (unpaired) electrons. The molecule has 1 aliphatic rings. The summed E-state index contributed by atoms with van der Waals surface area (Å²) in [5.41, 5.74) is -0.382. The molecule has 1 unspecified atom stereocenters. The molecule has 3 nitrogen and oxygen atoms in total. The van der Waals surface area contributed by atoms with E-state index in [0.29, 0.717) is 6.42 Å². The van der Waals surface area contributed by atoms with Gasteiger partial charge in [-0.05, 0) is 6.42 Å². The Morgan fingerprint density at radius 3 is 2.45 bits per heavy atom. The first-order valence-electron chi connectivity index (χ1n) is 3.79. The zero-order valence-corrected chi connectivity index (χ0v) is 7.10. The summed E-state index contributed by atoms with van der Waals surface area (Å²) in [5.74, 6) is -0.336. The normalized spacial score (nSPS) is 29.9. The van der Waals surface area contributed by atoms with Crippen molar-refractivity contribution in [2.75, 3.05) is 0 Å². The van der Waals surface area contributed by atoms with Gasteiger partial charge >= 0.3 is 0 Å². The van der Waals surface area contributed by atoms with Crippen LogP contribution in [0.1, 0.15) is 27.2 Å². The molecule has 1 N–H and O–H groups in total. The predicted molar refractivity (Wildman–Crippen MR) is 40.7 cm³/mol. The lowest BCUT2D eigenvalue weighted by atomic mass is 9.79. The third-order valence-electron chi connectivity index (χ3n) is 2.12. The fraction of sp³-hybridized carbons (Fsp3) is 0.750. The molecular weight excluding hydrogens is 142 g/mol. The van der Waals surface area contributed by atoms with Crippen molar-refractivity contribution in [3.05, 3.63) is 0 Å². The number of nitrogens with one attached hydrogen (secondary N) is 1. The molecule has 1 rings (SSSR count). The summed E-state index contributed by atoms with van der Waals surface area (Å²) in [7, 11) is 0. The summed E-state index contributed by atoms with van der Waals surface area (Å²) in [6.07, 6.45) is 0.650. The van der Waals surface area contributed by atoms with E-state index in [1.165, 1.54) is 0 Å². The van der Waals surface area contributed by atoms with Crippen molar-refractivity contribution < 1.29 is 9.59 Å². The van der Waals surface area contributed by atoms with Gasteiger partial charge in [0, 0.05) is 11.3 Å². The fourth-order valence-corrected chi connectivity index (χ4v) is 1.36. The highest BCUT2D eigenvalue weighted by molar-refractivity contribution is 6.01. The lowest BCUT2D eigenvalue weighted by molar-refractivity contribution is -0.143. The van der Waals surface area contributed by atoms with Gasteiger partial charge in [-0.2, -0.15) is 0 Å². The summed E-state index contributed by atoms with van der Waals surface area (Å²) < 4.78 is 0. The van der Waals surface area contributed by atoms with Gasteiger partial charge in [0.15, 0.2) is 0 Å². The molecule has 0 saturated carbocycles. The average molecular weight is 155 g/mol. The van der Waals surface area contributed by atoms with Crippen molar-refractivity contribution in [2.24, 2.45) is 11.3 Å². The van der Waals surface area contributed by atoms with Gasteiger partial charge in [0.2, 0.25) is 11.8 Å². The Labute approximate surface area is 66.2 Å². The molecule has 1 aliphatic heterocycles. The standard InChI is InChI=1S/C8H13NO2/c1-5-4-8(2,3)7(11)9-6(5)10/h5H,4H2,1-3H3,(H,9,10,11). The van der Waals surface area contributed by atoms with Crippen LogP contribution >= 0.6 is 0 Å². The predicted octanol–water partition coefficient (Wildman–Crippen LogP) is 0.695. The number of hydrogen-bond donors (Lipinski definition) is 1. The second-order valence-corrected chi connectivity index (χ2v) is 3.81. The number of amides is 2. The number of imide groups is 1. The minimum Gasteiger partial charge on any atom is -0.296 e. The summed E-state index contributed by atoms with van der Waals surface area (Å²) in [4.78, 5) is 22.1. The van der Waals surface area contributed by atoms with Crippen LogP contribution in [-0.4, -0.2) is 11.8 Å². The van der Waals surface area contributed by atoms with Gasteiger partial charge < -0.3 is 0 Å². The summed E-state index contributed by atoms with van der Waals surface area (Å²) >= 11 is 0. The first-order valence-corrected chi connectivity index (χ1v) is 3.79. The van der Waals surface area contributed by atoms with E-state index in [9.17, 15) is 9.59 Å². The van der Waals surface area contributed by atoms with Crippen molar-refractivity contribution in [1.82, 2.24) is 5.32 Å². The molecule has 0 aromatic rings. The maximum atomic E-state index is 11.1. The van der Waals surface area contributed by atoms with E-state index in [1.54, 1.807) is 0 Å². The second kappa shape index (κ2) is 2.32. The van der Waals surface area contributed by atoms with Crippen LogP contribution in [0.4, 0.5) is 0 Å². The average Bonchev–Trinajstić information content (AvgIpc) is 1.83. The molecule has 0 aromatic heterocycles. The zero-order valence-electron chi connectivity index (χ0n) is 7.10. The minimum absolute atomic E-state index is 0.0392. The van der Waals surface area contributed by atoms with Gasteiger partial charge in [0.25, 0.3) is 0 Å². The van der Waals surface area contributed by atoms with Crippen LogP contribution in [0.5, 0.6) is 0 Å². The molecule has 0 spiro atoms. The Balaban J connectivity index is 2.79. The van der Waals surface area contributed by atoms with Gasteiger partial charge in [-0.1, -0.05) is 20.8 Å². The Hall–Kier alpha value is -0.860. The van der Waals surface area contributed by atoms with Crippen LogP contribution < -0.4 is 5.32 Å². The van der Waals surface area contributed by atoms with E-state index in [0.717, 1.165) is 0 Å². The molecule has 0 aliphatic carbocycles. The van der Waals surface area contributed by atoms with Crippen LogP contribution in [0.3, 0.4) is 0 Å². The van der Waals surface area contributed by atoms with Gasteiger partial charge in [-0.15, -0.1) is 0 Å². The van der Waals surface area contributed by atoms with Crippen molar-refractivity contribution in [3.8, 4) is 0 Å². The van der Waals surface area contributed by atoms with Crippen molar-refractivity contribution in [1.29, 1.82) is 0 Å². The Morgan fingerprint density at radius 2 is 2.00 bits per heavy atom. The Kier molecular flexibility index (Phi) is 1.74. The Morgan fingerprint density at radius 1 is 1.45 bits per heavy atom. The van der Waals surface area contributed by atoms with Crippen molar-refractivity contribution in [2.45, 2.75) is 27.2 Å². The second-order valence-electron chi connectivity index (χ2n) is 3.81. The van der Waals surface area contributed by atoms with Crippen LogP contribution in [0.25, 0.3) is 0 Å². The van der Waals surface area contributed by atoms with Crippen LogP contribution in [0.15, 0.2) is 0 Å².